The minimum atomic E-state index is 0.343. The van der Waals surface area contributed by atoms with Gasteiger partial charge in [0, 0.05) is 6.61 Å². The van der Waals surface area contributed by atoms with Crippen LogP contribution in [0.4, 0.5) is 0 Å². The second-order valence-electron chi connectivity index (χ2n) is 2.66. The van der Waals surface area contributed by atoms with Crippen LogP contribution in [0.25, 0.3) is 0 Å². The third kappa shape index (κ3) is 9.50. The van der Waals surface area contributed by atoms with Crippen LogP contribution in [-0.2, 0) is 9.47 Å². The van der Waals surface area contributed by atoms with Crippen LogP contribution in [0, 0.1) is 0 Å². The molecule has 0 fully saturated rings. The highest BCUT2D eigenvalue weighted by molar-refractivity contribution is 4.49. The van der Waals surface area contributed by atoms with Crippen molar-refractivity contribution >= 4 is 0 Å². The highest BCUT2D eigenvalue weighted by Gasteiger charge is 1.92. The lowest BCUT2D eigenvalue weighted by atomic mass is 10.3. The van der Waals surface area contributed by atoms with Crippen molar-refractivity contribution in [3.63, 3.8) is 0 Å². The van der Waals surface area contributed by atoms with Crippen LogP contribution in [-0.4, -0.2) is 19.3 Å². The van der Waals surface area contributed by atoms with E-state index in [2.05, 4.69) is 6.58 Å². The summed E-state index contributed by atoms with van der Waals surface area (Å²) in [7, 11) is 0. The van der Waals surface area contributed by atoms with Crippen LogP contribution in [0.15, 0.2) is 12.8 Å². The lowest BCUT2D eigenvalue weighted by Gasteiger charge is -2.06. The van der Waals surface area contributed by atoms with Crippen LogP contribution in [0.5, 0.6) is 0 Å². The van der Waals surface area contributed by atoms with Gasteiger partial charge in [-0.25, -0.2) is 0 Å². The summed E-state index contributed by atoms with van der Waals surface area (Å²) in [5.41, 5.74) is 0. The van der Waals surface area contributed by atoms with Gasteiger partial charge in [-0.05, 0) is 26.7 Å². The van der Waals surface area contributed by atoms with Gasteiger partial charge in [-0.15, -0.1) is 0 Å². The molecule has 2 heteroatoms. The summed E-state index contributed by atoms with van der Waals surface area (Å²) >= 11 is 0. The summed E-state index contributed by atoms with van der Waals surface area (Å²) in [5.74, 6) is 0. The Morgan fingerprint density at radius 1 is 1.27 bits per heavy atom. The number of rotatable bonds is 7. The Hall–Kier alpha value is -0.500. The zero-order chi connectivity index (χ0) is 8.53. The van der Waals surface area contributed by atoms with Crippen molar-refractivity contribution in [2.75, 3.05) is 13.2 Å². The van der Waals surface area contributed by atoms with Crippen LogP contribution >= 0.6 is 0 Å². The Bertz CT molecular complexity index is 89.6. The molecule has 0 aromatic heterocycles. The lowest BCUT2D eigenvalue weighted by Crippen LogP contribution is -2.04. The largest absolute Gasteiger partial charge is 0.502 e. The molecule has 0 unspecified atom stereocenters. The summed E-state index contributed by atoms with van der Waals surface area (Å²) in [6.45, 7) is 9.12. The van der Waals surface area contributed by atoms with Crippen molar-refractivity contribution in [2.24, 2.45) is 0 Å². The molecule has 0 aliphatic carbocycles. The summed E-state index contributed by atoms with van der Waals surface area (Å²) in [6, 6.07) is 0. The monoisotopic (exact) mass is 158 g/mol. The van der Waals surface area contributed by atoms with Gasteiger partial charge in [-0.2, -0.15) is 0 Å². The molecule has 0 amide bonds. The van der Waals surface area contributed by atoms with Crippen molar-refractivity contribution in [2.45, 2.75) is 32.8 Å². The van der Waals surface area contributed by atoms with Crippen molar-refractivity contribution < 1.29 is 9.47 Å². The third-order valence-electron chi connectivity index (χ3n) is 1.23. The Kier molecular flexibility index (Phi) is 7.26. The normalized spacial score (nSPS) is 10.1. The standard InChI is InChI=1S/C9H18O2/c1-4-10-7-5-6-8-11-9(2)3/h4,9H,1,5-8H2,2-3H3. The van der Waals surface area contributed by atoms with Crippen molar-refractivity contribution in [3.8, 4) is 0 Å². The predicted octanol–water partition coefficient (Wildman–Crippen LogP) is 2.35. The molecule has 0 heterocycles. The van der Waals surface area contributed by atoms with Gasteiger partial charge in [0.15, 0.2) is 0 Å². The van der Waals surface area contributed by atoms with Crippen LogP contribution in [0.1, 0.15) is 26.7 Å². The molecule has 0 aliphatic heterocycles. The maximum Gasteiger partial charge on any atom is 0.0873 e. The molecule has 0 aromatic rings. The molecule has 66 valence electrons. The predicted molar refractivity (Wildman–Crippen MR) is 46.5 cm³/mol. The Balaban J connectivity index is 2.85. The first-order valence-corrected chi connectivity index (χ1v) is 4.11. The maximum absolute atomic E-state index is 5.34. The molecule has 0 bridgehead atoms. The first-order valence-electron chi connectivity index (χ1n) is 4.11. The average Bonchev–Trinajstić information content (AvgIpc) is 1.96. The van der Waals surface area contributed by atoms with Crippen LogP contribution in [0.3, 0.4) is 0 Å². The van der Waals surface area contributed by atoms with E-state index >= 15 is 0 Å². The highest BCUT2D eigenvalue weighted by Crippen LogP contribution is 1.94. The molecule has 0 aromatic carbocycles. The van der Waals surface area contributed by atoms with Gasteiger partial charge >= 0.3 is 0 Å². The summed E-state index contributed by atoms with van der Waals surface area (Å²) in [4.78, 5) is 0. The summed E-state index contributed by atoms with van der Waals surface area (Å²) in [5, 5.41) is 0. The smallest absolute Gasteiger partial charge is 0.0873 e. The fourth-order valence-electron chi connectivity index (χ4n) is 0.690. The Morgan fingerprint density at radius 3 is 2.45 bits per heavy atom. The average molecular weight is 158 g/mol. The second-order valence-corrected chi connectivity index (χ2v) is 2.66. The van der Waals surface area contributed by atoms with E-state index in [4.69, 9.17) is 9.47 Å². The lowest BCUT2D eigenvalue weighted by molar-refractivity contribution is 0.0725. The van der Waals surface area contributed by atoms with E-state index in [1.807, 2.05) is 13.8 Å². The van der Waals surface area contributed by atoms with Gasteiger partial charge < -0.3 is 9.47 Å². The SMILES string of the molecule is C=COCCCCOC(C)C. The number of hydrogen-bond donors (Lipinski definition) is 0. The molecule has 2 nitrogen and oxygen atoms in total. The molecule has 0 saturated heterocycles. The zero-order valence-electron chi connectivity index (χ0n) is 7.51. The Labute approximate surface area is 69.2 Å². The summed E-state index contributed by atoms with van der Waals surface area (Å²) in [6.07, 6.45) is 3.92. The van der Waals surface area contributed by atoms with E-state index in [1.165, 1.54) is 6.26 Å². The molecular weight excluding hydrogens is 140 g/mol. The van der Waals surface area contributed by atoms with Gasteiger partial charge in [-0.1, -0.05) is 6.58 Å². The van der Waals surface area contributed by atoms with Crippen LogP contribution in [0.2, 0.25) is 0 Å². The van der Waals surface area contributed by atoms with E-state index in [9.17, 15) is 0 Å². The molecule has 0 rings (SSSR count). The minimum absolute atomic E-state index is 0.343. The molecule has 0 saturated carbocycles. The quantitative estimate of drug-likeness (QED) is 0.418. The van der Waals surface area contributed by atoms with Crippen molar-refractivity contribution in [1.82, 2.24) is 0 Å². The van der Waals surface area contributed by atoms with Crippen LogP contribution < -0.4 is 0 Å². The van der Waals surface area contributed by atoms with Gasteiger partial charge in [0.1, 0.15) is 0 Å². The van der Waals surface area contributed by atoms with E-state index in [0.717, 1.165) is 26.1 Å². The van der Waals surface area contributed by atoms with Gasteiger partial charge in [0.2, 0.25) is 0 Å². The molecule has 0 atom stereocenters. The topological polar surface area (TPSA) is 18.5 Å². The molecular formula is C9H18O2. The van der Waals surface area contributed by atoms with E-state index < -0.39 is 0 Å². The number of hydrogen-bond acceptors (Lipinski definition) is 2. The second kappa shape index (κ2) is 7.61. The van der Waals surface area contributed by atoms with Gasteiger partial charge in [0.25, 0.3) is 0 Å². The summed E-state index contributed by atoms with van der Waals surface area (Å²) < 4.78 is 10.3. The first kappa shape index (κ1) is 10.5. The molecule has 11 heavy (non-hydrogen) atoms. The molecule has 0 radical (unpaired) electrons. The number of ether oxygens (including phenoxy) is 2. The van der Waals surface area contributed by atoms with E-state index in [0.29, 0.717) is 6.10 Å². The third-order valence-corrected chi connectivity index (χ3v) is 1.23. The van der Waals surface area contributed by atoms with E-state index in [-0.39, 0.29) is 0 Å². The van der Waals surface area contributed by atoms with Crippen molar-refractivity contribution in [1.29, 1.82) is 0 Å². The molecule has 0 spiro atoms. The fraction of sp³-hybridized carbons (Fsp3) is 0.778. The maximum atomic E-state index is 5.34. The van der Waals surface area contributed by atoms with E-state index in [1.54, 1.807) is 0 Å². The van der Waals surface area contributed by atoms with Crippen molar-refractivity contribution in [3.05, 3.63) is 12.8 Å². The Morgan fingerprint density at radius 2 is 1.91 bits per heavy atom. The fourth-order valence-corrected chi connectivity index (χ4v) is 0.690. The highest BCUT2D eigenvalue weighted by atomic mass is 16.5. The molecule has 0 aliphatic rings. The van der Waals surface area contributed by atoms with Gasteiger partial charge in [0.05, 0.1) is 19.0 Å². The zero-order valence-corrected chi connectivity index (χ0v) is 7.51. The minimum Gasteiger partial charge on any atom is -0.502 e. The molecule has 0 N–H and O–H groups in total. The first-order chi connectivity index (χ1) is 5.27. The van der Waals surface area contributed by atoms with Gasteiger partial charge in [-0.3, -0.25) is 0 Å². The number of unbranched alkanes of at least 4 members (excludes halogenated alkanes) is 1.